The van der Waals surface area contributed by atoms with Gasteiger partial charge in [0, 0.05) is 6.42 Å². The maximum atomic E-state index is 10.2. The molecule has 0 unspecified atom stereocenters. The number of hydrogen-bond donors (Lipinski definition) is 1. The monoisotopic (exact) mass is 246 g/mol. The molecule has 0 aromatic heterocycles. The molecule has 3 heteroatoms. The maximum absolute atomic E-state index is 10.2. The lowest BCUT2D eigenvalue weighted by Crippen LogP contribution is -2.27. The summed E-state index contributed by atoms with van der Waals surface area (Å²) < 4.78 is 1.00. The van der Waals surface area contributed by atoms with Crippen molar-refractivity contribution in [2.24, 2.45) is 5.41 Å². The summed E-state index contributed by atoms with van der Waals surface area (Å²) in [7, 11) is 8.50. The highest BCUT2D eigenvalue weighted by molar-refractivity contribution is 5.66. The van der Waals surface area contributed by atoms with E-state index < -0.39 is 5.97 Å². The van der Waals surface area contributed by atoms with Crippen molar-refractivity contribution in [2.75, 3.05) is 28.2 Å². The molecule has 0 spiro atoms. The van der Waals surface area contributed by atoms with Crippen LogP contribution in [0.15, 0.2) is 0 Å². The number of quaternary nitrogens is 1. The predicted molar refractivity (Wildman–Crippen MR) is 74.1 cm³/mol. The Bertz CT molecular complexity index is 193. The average molecular weight is 246 g/mol. The van der Waals surface area contributed by atoms with Crippen LogP contribution in [0.25, 0.3) is 0 Å². The number of rotatable bonds is 5. The Hall–Kier alpha value is -0.570. The van der Waals surface area contributed by atoms with Crippen LogP contribution in [0.3, 0.4) is 0 Å². The Labute approximate surface area is 107 Å². The normalized spacial score (nSPS) is 11.7. The first-order chi connectivity index (χ1) is 7.42. The molecular weight excluding hydrogens is 214 g/mol. The Kier molecular flexibility index (Phi) is 9.40. The molecule has 0 amide bonds. The zero-order valence-corrected chi connectivity index (χ0v) is 12.8. The second kappa shape index (κ2) is 8.51. The van der Waals surface area contributed by atoms with Gasteiger partial charge in [-0.05, 0) is 18.3 Å². The topological polar surface area (TPSA) is 37.3 Å². The zero-order valence-electron chi connectivity index (χ0n) is 12.8. The number of unbranched alkanes of at least 4 members (excludes halogenated alkanes) is 2. The van der Waals surface area contributed by atoms with E-state index in [-0.39, 0.29) is 0 Å². The van der Waals surface area contributed by atoms with Crippen LogP contribution >= 0.6 is 0 Å². The molecule has 3 nitrogen and oxygen atoms in total. The van der Waals surface area contributed by atoms with Crippen molar-refractivity contribution < 1.29 is 14.4 Å². The van der Waals surface area contributed by atoms with Gasteiger partial charge < -0.3 is 9.59 Å². The molecule has 0 atom stereocenters. The third kappa shape index (κ3) is 39.2. The van der Waals surface area contributed by atoms with Crippen LogP contribution in [0.1, 0.15) is 52.9 Å². The van der Waals surface area contributed by atoms with E-state index in [1.54, 1.807) is 0 Å². The fraction of sp³-hybridized carbons (Fsp3) is 0.929. The van der Waals surface area contributed by atoms with Gasteiger partial charge in [-0.3, -0.25) is 4.79 Å². The Balaban J connectivity index is 0. The van der Waals surface area contributed by atoms with Crippen LogP contribution in [0, 0.1) is 5.41 Å². The van der Waals surface area contributed by atoms with Crippen molar-refractivity contribution in [1.29, 1.82) is 0 Å². The van der Waals surface area contributed by atoms with Crippen LogP contribution in [-0.4, -0.2) is 43.7 Å². The minimum absolute atomic E-state index is 0.324. The van der Waals surface area contributed by atoms with E-state index in [0.717, 1.165) is 23.7 Å². The first-order valence-electron chi connectivity index (χ1n) is 6.42. The molecule has 1 N–H and O–H groups in total. The van der Waals surface area contributed by atoms with Crippen LogP contribution in [0.5, 0.6) is 0 Å². The van der Waals surface area contributed by atoms with Crippen molar-refractivity contribution in [3.63, 3.8) is 0 Å². The number of carbonyl (C=O) groups is 1. The SMILES string of the molecule is CC(C)(C)CCCCCC(=O)O.C[N+](C)(C)C. The Morgan fingerprint density at radius 2 is 1.41 bits per heavy atom. The fourth-order valence-electron chi connectivity index (χ4n) is 1.11. The van der Waals surface area contributed by atoms with Crippen molar-refractivity contribution in [1.82, 2.24) is 0 Å². The molecule has 0 aromatic rings. The molecule has 0 radical (unpaired) electrons. The number of carboxylic acids is 1. The van der Waals surface area contributed by atoms with Crippen molar-refractivity contribution in [2.45, 2.75) is 52.9 Å². The summed E-state index contributed by atoms with van der Waals surface area (Å²) in [4.78, 5) is 10.2. The van der Waals surface area contributed by atoms with Gasteiger partial charge in [0.2, 0.25) is 0 Å². The van der Waals surface area contributed by atoms with E-state index in [1.807, 2.05) is 0 Å². The highest BCUT2D eigenvalue weighted by Gasteiger charge is 2.08. The summed E-state index contributed by atoms with van der Waals surface area (Å²) >= 11 is 0. The van der Waals surface area contributed by atoms with Gasteiger partial charge in [0.1, 0.15) is 0 Å². The first kappa shape index (κ1) is 18.8. The molecule has 0 fully saturated rings. The van der Waals surface area contributed by atoms with Crippen molar-refractivity contribution in [3.8, 4) is 0 Å². The van der Waals surface area contributed by atoms with E-state index in [4.69, 9.17) is 5.11 Å². The number of aliphatic carboxylic acids is 1. The third-order valence-electron chi connectivity index (χ3n) is 1.82. The molecule has 0 aliphatic carbocycles. The van der Waals surface area contributed by atoms with Crippen LogP contribution in [-0.2, 0) is 4.79 Å². The van der Waals surface area contributed by atoms with E-state index in [1.165, 1.54) is 6.42 Å². The van der Waals surface area contributed by atoms with Gasteiger partial charge in [0.05, 0.1) is 28.2 Å². The van der Waals surface area contributed by atoms with Gasteiger partial charge in [-0.15, -0.1) is 0 Å². The molecule has 0 aliphatic heterocycles. The van der Waals surface area contributed by atoms with Gasteiger partial charge in [0.25, 0.3) is 0 Å². The van der Waals surface area contributed by atoms with Crippen LogP contribution in [0.2, 0.25) is 0 Å². The largest absolute Gasteiger partial charge is 0.481 e. The zero-order chi connectivity index (χ0) is 14.1. The molecule has 0 aromatic carbocycles. The molecule has 0 saturated heterocycles. The molecule has 0 aliphatic rings. The Morgan fingerprint density at radius 1 is 1.00 bits per heavy atom. The quantitative estimate of drug-likeness (QED) is 0.596. The van der Waals surface area contributed by atoms with E-state index in [0.29, 0.717) is 11.8 Å². The second-order valence-electron chi connectivity index (χ2n) is 7.20. The van der Waals surface area contributed by atoms with Gasteiger partial charge in [0.15, 0.2) is 0 Å². The summed E-state index contributed by atoms with van der Waals surface area (Å²) in [6, 6.07) is 0. The van der Waals surface area contributed by atoms with Gasteiger partial charge >= 0.3 is 5.97 Å². The summed E-state index contributed by atoms with van der Waals surface area (Å²) in [6.07, 6.45) is 4.53. The third-order valence-corrected chi connectivity index (χ3v) is 1.82. The molecule has 104 valence electrons. The predicted octanol–water partition coefficient (Wildman–Crippen LogP) is 3.39. The lowest BCUT2D eigenvalue weighted by molar-refractivity contribution is -0.849. The number of hydrogen-bond acceptors (Lipinski definition) is 1. The number of carboxylic acid groups (broad SMARTS) is 1. The molecular formula is C14H32NO2+. The van der Waals surface area contributed by atoms with E-state index in [9.17, 15) is 4.79 Å². The summed E-state index contributed by atoms with van der Waals surface area (Å²) in [5, 5.41) is 8.37. The smallest absolute Gasteiger partial charge is 0.303 e. The molecule has 0 bridgehead atoms. The lowest BCUT2D eigenvalue weighted by atomic mass is 9.89. The Morgan fingerprint density at radius 3 is 1.71 bits per heavy atom. The minimum atomic E-state index is -0.675. The van der Waals surface area contributed by atoms with Gasteiger partial charge in [-0.2, -0.15) is 0 Å². The first-order valence-corrected chi connectivity index (χ1v) is 6.42. The highest BCUT2D eigenvalue weighted by Crippen LogP contribution is 2.22. The summed E-state index contributed by atoms with van der Waals surface area (Å²) in [6.45, 7) is 6.64. The lowest BCUT2D eigenvalue weighted by Gasteiger charge is -2.17. The summed E-state index contributed by atoms with van der Waals surface area (Å²) in [5.74, 6) is -0.675. The standard InChI is InChI=1S/C10H20O2.C4H12N/c1-10(2,3)8-6-4-5-7-9(11)12;1-5(2,3)4/h4-8H2,1-3H3,(H,11,12);1-4H3/q;+1. The van der Waals surface area contributed by atoms with Crippen molar-refractivity contribution in [3.05, 3.63) is 0 Å². The van der Waals surface area contributed by atoms with E-state index >= 15 is 0 Å². The van der Waals surface area contributed by atoms with Crippen LogP contribution in [0.4, 0.5) is 0 Å². The van der Waals surface area contributed by atoms with Gasteiger partial charge in [-0.1, -0.05) is 33.6 Å². The average Bonchev–Trinajstić information content (AvgIpc) is 1.97. The second-order valence-corrected chi connectivity index (χ2v) is 7.20. The highest BCUT2D eigenvalue weighted by atomic mass is 16.4. The molecule has 17 heavy (non-hydrogen) atoms. The summed E-state index contributed by atoms with van der Waals surface area (Å²) in [5.41, 5.74) is 0.392. The maximum Gasteiger partial charge on any atom is 0.303 e. The van der Waals surface area contributed by atoms with Gasteiger partial charge in [-0.25, -0.2) is 0 Å². The van der Waals surface area contributed by atoms with Crippen molar-refractivity contribution >= 4 is 5.97 Å². The molecule has 0 rings (SSSR count). The molecule has 0 saturated carbocycles. The fourth-order valence-corrected chi connectivity index (χ4v) is 1.11. The van der Waals surface area contributed by atoms with E-state index in [2.05, 4.69) is 49.0 Å². The molecule has 0 heterocycles. The van der Waals surface area contributed by atoms with Crippen LogP contribution < -0.4 is 0 Å². The number of nitrogens with zero attached hydrogens (tertiary/aromatic N) is 1. The minimum Gasteiger partial charge on any atom is -0.481 e.